The van der Waals surface area contributed by atoms with E-state index in [0.717, 1.165) is 23.2 Å². The minimum Gasteiger partial charge on any atom is -0.449 e. The second kappa shape index (κ2) is 9.43. The highest BCUT2D eigenvalue weighted by atomic mass is 32.1. The summed E-state index contributed by atoms with van der Waals surface area (Å²) in [5, 5.41) is 8.88. The van der Waals surface area contributed by atoms with Gasteiger partial charge in [-0.2, -0.15) is 11.3 Å². The maximum atomic E-state index is 12.3. The van der Waals surface area contributed by atoms with Gasteiger partial charge in [-0.3, -0.25) is 10.1 Å². The summed E-state index contributed by atoms with van der Waals surface area (Å²) >= 11 is 2.87. The number of benzene rings is 1. The molecule has 2 aromatic heterocycles. The van der Waals surface area contributed by atoms with Crippen molar-refractivity contribution in [1.82, 2.24) is 4.98 Å². The lowest BCUT2D eigenvalue weighted by Crippen LogP contribution is -2.29. The predicted molar refractivity (Wildman–Crippen MR) is 114 cm³/mol. The van der Waals surface area contributed by atoms with E-state index >= 15 is 0 Å². The van der Waals surface area contributed by atoms with Gasteiger partial charge in [-0.1, -0.05) is 31.2 Å². The van der Waals surface area contributed by atoms with Crippen molar-refractivity contribution in [2.24, 2.45) is 0 Å². The molecule has 3 aromatic rings. The lowest BCUT2D eigenvalue weighted by atomic mass is 10.1. The van der Waals surface area contributed by atoms with Crippen molar-refractivity contribution in [2.75, 3.05) is 5.32 Å². The Morgan fingerprint density at radius 2 is 2.00 bits per heavy atom. The Balaban J connectivity index is 1.55. The SMILES string of the molecule is CCc1ccc(-c2csc(NC(=O)[C@H](C)OC(=O)/C=C/c3ccsc3)n2)cc1. The van der Waals surface area contributed by atoms with Crippen molar-refractivity contribution in [3.05, 3.63) is 63.7 Å². The third-order valence-electron chi connectivity index (χ3n) is 4.01. The van der Waals surface area contributed by atoms with Crippen LogP contribution in [0.1, 0.15) is 25.0 Å². The standard InChI is InChI=1S/C21H20N2O3S2/c1-3-15-4-7-17(8-5-15)18-13-28-21(22-18)23-20(25)14(2)26-19(24)9-6-16-10-11-27-12-16/h4-14H,3H2,1-2H3,(H,22,23,25)/b9-6+/t14-/m0/s1. The fourth-order valence-electron chi connectivity index (χ4n) is 2.38. The molecule has 0 saturated heterocycles. The van der Waals surface area contributed by atoms with Gasteiger partial charge in [0.05, 0.1) is 5.69 Å². The number of carbonyl (C=O) groups excluding carboxylic acids is 2. The highest BCUT2D eigenvalue weighted by molar-refractivity contribution is 7.14. The summed E-state index contributed by atoms with van der Waals surface area (Å²) in [5.41, 5.74) is 3.97. The number of aryl methyl sites for hydroxylation is 1. The van der Waals surface area contributed by atoms with Gasteiger partial charge >= 0.3 is 5.97 Å². The molecule has 1 N–H and O–H groups in total. The number of hydrogen-bond acceptors (Lipinski definition) is 6. The Morgan fingerprint density at radius 1 is 1.21 bits per heavy atom. The normalized spacial score (nSPS) is 12.1. The smallest absolute Gasteiger partial charge is 0.331 e. The summed E-state index contributed by atoms with van der Waals surface area (Å²) in [4.78, 5) is 28.6. The highest BCUT2D eigenvalue weighted by Gasteiger charge is 2.18. The van der Waals surface area contributed by atoms with Gasteiger partial charge in [0.1, 0.15) is 0 Å². The molecule has 144 valence electrons. The Hall–Kier alpha value is -2.77. The molecular weight excluding hydrogens is 392 g/mol. The van der Waals surface area contributed by atoms with Crippen LogP contribution in [0.5, 0.6) is 0 Å². The molecule has 2 heterocycles. The van der Waals surface area contributed by atoms with Crippen LogP contribution in [0.3, 0.4) is 0 Å². The summed E-state index contributed by atoms with van der Waals surface area (Å²) in [7, 11) is 0. The van der Waals surface area contributed by atoms with Crippen LogP contribution in [0.2, 0.25) is 0 Å². The highest BCUT2D eigenvalue weighted by Crippen LogP contribution is 2.25. The number of ether oxygens (including phenoxy) is 1. The minimum atomic E-state index is -0.921. The minimum absolute atomic E-state index is 0.417. The van der Waals surface area contributed by atoms with Crippen molar-refractivity contribution in [3.8, 4) is 11.3 Å². The number of carbonyl (C=O) groups is 2. The predicted octanol–water partition coefficient (Wildman–Crippen LogP) is 5.02. The van der Waals surface area contributed by atoms with Crippen LogP contribution in [0.15, 0.2) is 52.5 Å². The fourth-order valence-corrected chi connectivity index (χ4v) is 3.73. The zero-order valence-electron chi connectivity index (χ0n) is 15.5. The third-order valence-corrected chi connectivity index (χ3v) is 5.47. The van der Waals surface area contributed by atoms with Crippen molar-refractivity contribution >= 4 is 45.8 Å². The van der Waals surface area contributed by atoms with Crippen molar-refractivity contribution in [1.29, 1.82) is 0 Å². The largest absolute Gasteiger partial charge is 0.449 e. The second-order valence-corrected chi connectivity index (χ2v) is 7.68. The van der Waals surface area contributed by atoms with Gasteiger partial charge < -0.3 is 4.74 Å². The fraction of sp³-hybridized carbons (Fsp3) is 0.190. The molecule has 0 unspecified atom stereocenters. The van der Waals surface area contributed by atoms with E-state index in [4.69, 9.17) is 4.74 Å². The zero-order chi connectivity index (χ0) is 19.9. The van der Waals surface area contributed by atoms with Crippen LogP contribution < -0.4 is 5.32 Å². The van der Waals surface area contributed by atoms with Crippen LogP contribution in [0, 0.1) is 0 Å². The molecule has 0 spiro atoms. The van der Waals surface area contributed by atoms with Crippen LogP contribution >= 0.6 is 22.7 Å². The quantitative estimate of drug-likeness (QED) is 0.437. The van der Waals surface area contributed by atoms with Gasteiger partial charge in [0.15, 0.2) is 11.2 Å². The van der Waals surface area contributed by atoms with E-state index in [-0.39, 0.29) is 0 Å². The van der Waals surface area contributed by atoms with Gasteiger partial charge in [-0.25, -0.2) is 9.78 Å². The first-order valence-corrected chi connectivity index (χ1v) is 10.6. The van der Waals surface area contributed by atoms with Gasteiger partial charge in [0.2, 0.25) is 0 Å². The number of thiophene rings is 1. The molecule has 28 heavy (non-hydrogen) atoms. The third kappa shape index (κ3) is 5.37. The average Bonchev–Trinajstić information content (AvgIpc) is 3.38. The van der Waals surface area contributed by atoms with Gasteiger partial charge in [0, 0.05) is 17.0 Å². The molecule has 0 aliphatic carbocycles. The number of esters is 1. The number of thiazole rings is 1. The van der Waals surface area contributed by atoms with Crippen LogP contribution in [0.25, 0.3) is 17.3 Å². The molecule has 0 bridgehead atoms. The maximum absolute atomic E-state index is 12.3. The van der Waals surface area contributed by atoms with Gasteiger partial charge in [0.25, 0.3) is 5.91 Å². The lowest BCUT2D eigenvalue weighted by molar-refractivity contribution is -0.148. The second-order valence-electron chi connectivity index (χ2n) is 6.05. The molecule has 1 atom stereocenters. The molecule has 7 heteroatoms. The topological polar surface area (TPSA) is 68.3 Å². The molecule has 0 saturated carbocycles. The van der Waals surface area contributed by atoms with Crippen molar-refractivity contribution < 1.29 is 14.3 Å². The summed E-state index contributed by atoms with van der Waals surface area (Å²) in [5.74, 6) is -0.982. The number of nitrogens with one attached hydrogen (secondary N) is 1. The monoisotopic (exact) mass is 412 g/mol. The van der Waals surface area contributed by atoms with Crippen LogP contribution in [0.4, 0.5) is 5.13 Å². The molecule has 5 nitrogen and oxygen atoms in total. The van der Waals surface area contributed by atoms with E-state index in [2.05, 4.69) is 29.4 Å². The molecule has 1 amide bonds. The molecular formula is C21H20N2O3S2. The number of amides is 1. The van der Waals surface area contributed by atoms with E-state index in [1.54, 1.807) is 17.4 Å². The Bertz CT molecular complexity index is 960. The first-order chi connectivity index (χ1) is 13.5. The van der Waals surface area contributed by atoms with Crippen LogP contribution in [-0.2, 0) is 20.7 Å². The van der Waals surface area contributed by atoms with Gasteiger partial charge in [-0.15, -0.1) is 11.3 Å². The van der Waals surface area contributed by atoms with E-state index < -0.39 is 18.0 Å². The zero-order valence-corrected chi connectivity index (χ0v) is 17.2. The van der Waals surface area contributed by atoms with E-state index in [1.807, 2.05) is 34.3 Å². The number of anilines is 1. The molecule has 1 aromatic carbocycles. The summed E-state index contributed by atoms with van der Waals surface area (Å²) in [6, 6.07) is 10.1. The number of rotatable bonds is 7. The summed E-state index contributed by atoms with van der Waals surface area (Å²) in [6.07, 6.45) is 3.03. The first kappa shape index (κ1) is 20.0. The lowest BCUT2D eigenvalue weighted by Gasteiger charge is -2.10. The Labute approximate surface area is 171 Å². The molecule has 0 fully saturated rings. The summed E-state index contributed by atoms with van der Waals surface area (Å²) < 4.78 is 5.14. The molecule has 0 aliphatic rings. The van der Waals surface area contributed by atoms with Gasteiger partial charge in [-0.05, 0) is 47.4 Å². The Morgan fingerprint density at radius 3 is 2.68 bits per heavy atom. The van der Waals surface area contributed by atoms with Crippen molar-refractivity contribution in [3.63, 3.8) is 0 Å². The summed E-state index contributed by atoms with van der Waals surface area (Å²) in [6.45, 7) is 3.64. The maximum Gasteiger partial charge on any atom is 0.331 e. The van der Waals surface area contributed by atoms with E-state index in [0.29, 0.717) is 5.13 Å². The first-order valence-electron chi connectivity index (χ1n) is 8.81. The van der Waals surface area contributed by atoms with E-state index in [1.165, 1.54) is 29.9 Å². The van der Waals surface area contributed by atoms with E-state index in [9.17, 15) is 9.59 Å². The molecule has 0 aliphatic heterocycles. The average molecular weight is 413 g/mol. The molecule has 3 rings (SSSR count). The van der Waals surface area contributed by atoms with Crippen molar-refractivity contribution in [2.45, 2.75) is 26.4 Å². The number of hydrogen-bond donors (Lipinski definition) is 1. The number of nitrogens with zero attached hydrogens (tertiary/aromatic N) is 1. The number of aromatic nitrogens is 1. The van der Waals surface area contributed by atoms with Crippen LogP contribution in [-0.4, -0.2) is 23.0 Å². The Kier molecular flexibility index (Phi) is 6.73. The molecule has 0 radical (unpaired) electrons.